The van der Waals surface area contributed by atoms with Gasteiger partial charge in [0.15, 0.2) is 0 Å². The molecule has 2 fully saturated rings. The molecule has 2 unspecified atom stereocenters. The van der Waals surface area contributed by atoms with Gasteiger partial charge in [-0.25, -0.2) is 4.79 Å². The molecule has 0 heterocycles. The summed E-state index contributed by atoms with van der Waals surface area (Å²) in [5.41, 5.74) is 0.248. The van der Waals surface area contributed by atoms with Gasteiger partial charge in [-0.2, -0.15) is 0 Å². The summed E-state index contributed by atoms with van der Waals surface area (Å²) in [6.45, 7) is 0. The lowest BCUT2D eigenvalue weighted by molar-refractivity contribution is -0.118. The molecule has 0 radical (unpaired) electrons. The van der Waals surface area contributed by atoms with Gasteiger partial charge in [0.2, 0.25) is 5.91 Å². The summed E-state index contributed by atoms with van der Waals surface area (Å²) in [5.74, 6) is -0.120. The quantitative estimate of drug-likeness (QED) is 0.894. The number of carbonyl (C=O) groups excluding carboxylic acids is 1. The van der Waals surface area contributed by atoms with E-state index < -0.39 is 5.97 Å². The molecule has 19 heavy (non-hydrogen) atoms. The normalized spacial score (nSPS) is 27.7. The number of hydrogen-bond donors (Lipinski definition) is 2. The van der Waals surface area contributed by atoms with E-state index in [9.17, 15) is 9.59 Å². The number of halogens is 1. The van der Waals surface area contributed by atoms with Crippen LogP contribution < -0.4 is 5.32 Å². The predicted molar refractivity (Wildman–Crippen MR) is 71.4 cm³/mol. The standard InChI is InChI=1S/C14H14ClNO3/c15-9-5-2-6-10(12(9)14(18)19)16-13(17)11-7-3-1-4-8(7)11/h2,5-8,11H,1,3-4H2,(H,16,17)(H,18,19). The van der Waals surface area contributed by atoms with Crippen LogP contribution in [-0.4, -0.2) is 17.0 Å². The molecule has 0 aromatic heterocycles. The maximum absolute atomic E-state index is 12.1. The Morgan fingerprint density at radius 1 is 1.26 bits per heavy atom. The van der Waals surface area contributed by atoms with Crippen molar-refractivity contribution in [2.24, 2.45) is 17.8 Å². The van der Waals surface area contributed by atoms with Crippen molar-refractivity contribution in [1.82, 2.24) is 0 Å². The van der Waals surface area contributed by atoms with Crippen LogP contribution in [0.1, 0.15) is 29.6 Å². The van der Waals surface area contributed by atoms with Gasteiger partial charge in [-0.15, -0.1) is 0 Å². The van der Waals surface area contributed by atoms with E-state index in [0.29, 0.717) is 11.8 Å². The number of nitrogens with one attached hydrogen (secondary N) is 1. The summed E-state index contributed by atoms with van der Waals surface area (Å²) < 4.78 is 0. The van der Waals surface area contributed by atoms with Crippen LogP contribution in [0.4, 0.5) is 5.69 Å². The predicted octanol–water partition coefficient (Wildman–Crippen LogP) is 3.02. The summed E-state index contributed by atoms with van der Waals surface area (Å²) in [6.07, 6.45) is 3.44. The van der Waals surface area contributed by atoms with Crippen molar-refractivity contribution >= 4 is 29.2 Å². The summed E-state index contributed by atoms with van der Waals surface area (Å²) in [6, 6.07) is 4.72. The maximum Gasteiger partial charge on any atom is 0.339 e. The van der Waals surface area contributed by atoms with Crippen LogP contribution in [-0.2, 0) is 4.79 Å². The third-order valence-corrected chi connectivity index (χ3v) is 4.51. The average Bonchev–Trinajstić information content (AvgIpc) is 2.83. The highest BCUT2D eigenvalue weighted by molar-refractivity contribution is 6.34. The Morgan fingerprint density at radius 3 is 2.58 bits per heavy atom. The first kappa shape index (κ1) is 12.5. The van der Waals surface area contributed by atoms with E-state index in [-0.39, 0.29) is 28.1 Å². The molecule has 0 bridgehead atoms. The molecule has 3 rings (SSSR count). The zero-order valence-corrected chi connectivity index (χ0v) is 11.0. The van der Waals surface area contributed by atoms with Gasteiger partial charge in [-0.3, -0.25) is 4.79 Å². The molecule has 1 aromatic rings. The van der Waals surface area contributed by atoms with Gasteiger partial charge >= 0.3 is 5.97 Å². The monoisotopic (exact) mass is 279 g/mol. The molecule has 0 aliphatic heterocycles. The molecule has 0 saturated heterocycles. The second-order valence-corrected chi connectivity index (χ2v) is 5.65. The summed E-state index contributed by atoms with van der Waals surface area (Å²) in [7, 11) is 0. The minimum absolute atomic E-state index is 0.0386. The van der Waals surface area contributed by atoms with Gasteiger partial charge < -0.3 is 10.4 Å². The minimum atomic E-state index is -1.13. The number of hydrogen-bond acceptors (Lipinski definition) is 2. The third kappa shape index (κ3) is 2.10. The molecular weight excluding hydrogens is 266 g/mol. The SMILES string of the molecule is O=C(O)c1c(Cl)cccc1NC(=O)C1C2CCCC21. The molecule has 2 atom stereocenters. The number of carbonyl (C=O) groups is 2. The molecule has 1 aromatic carbocycles. The van der Waals surface area contributed by atoms with Gasteiger partial charge in [-0.05, 0) is 36.8 Å². The number of rotatable bonds is 3. The lowest BCUT2D eigenvalue weighted by Crippen LogP contribution is -2.18. The molecule has 2 aliphatic rings. The van der Waals surface area contributed by atoms with Crippen molar-refractivity contribution in [3.05, 3.63) is 28.8 Å². The van der Waals surface area contributed by atoms with Gasteiger partial charge in [0, 0.05) is 5.92 Å². The van der Waals surface area contributed by atoms with Crippen molar-refractivity contribution in [3.63, 3.8) is 0 Å². The summed E-state index contributed by atoms with van der Waals surface area (Å²) in [5, 5.41) is 12.0. The molecule has 1 amide bonds. The molecule has 4 nitrogen and oxygen atoms in total. The highest BCUT2D eigenvalue weighted by Gasteiger charge is 2.56. The van der Waals surface area contributed by atoms with E-state index in [4.69, 9.17) is 16.7 Å². The third-order valence-electron chi connectivity index (χ3n) is 4.19. The first-order valence-electron chi connectivity index (χ1n) is 6.42. The van der Waals surface area contributed by atoms with Crippen molar-refractivity contribution in [3.8, 4) is 0 Å². The van der Waals surface area contributed by atoms with Crippen molar-refractivity contribution in [2.75, 3.05) is 5.32 Å². The van der Waals surface area contributed by atoms with E-state index in [1.807, 2.05) is 0 Å². The second-order valence-electron chi connectivity index (χ2n) is 5.24. The molecule has 0 spiro atoms. The van der Waals surface area contributed by atoms with E-state index in [0.717, 1.165) is 12.8 Å². The lowest BCUT2D eigenvalue weighted by atomic mass is 10.1. The first-order valence-corrected chi connectivity index (χ1v) is 6.80. The minimum Gasteiger partial charge on any atom is -0.478 e. The number of anilines is 1. The number of carboxylic acid groups (broad SMARTS) is 1. The highest BCUT2D eigenvalue weighted by Crippen LogP contribution is 2.57. The van der Waals surface area contributed by atoms with Crippen LogP contribution in [0.5, 0.6) is 0 Å². The molecule has 100 valence electrons. The molecule has 2 saturated carbocycles. The smallest absolute Gasteiger partial charge is 0.339 e. The largest absolute Gasteiger partial charge is 0.478 e. The topological polar surface area (TPSA) is 66.4 Å². The van der Waals surface area contributed by atoms with Crippen LogP contribution in [0.3, 0.4) is 0 Å². The molecule has 2 N–H and O–H groups in total. The Hall–Kier alpha value is -1.55. The van der Waals surface area contributed by atoms with Crippen molar-refractivity contribution < 1.29 is 14.7 Å². The zero-order valence-electron chi connectivity index (χ0n) is 10.2. The number of benzene rings is 1. The number of fused-ring (bicyclic) bond motifs is 1. The fraction of sp³-hybridized carbons (Fsp3) is 0.429. The van der Waals surface area contributed by atoms with Gasteiger partial charge in [0.25, 0.3) is 0 Å². The van der Waals surface area contributed by atoms with Crippen molar-refractivity contribution in [2.45, 2.75) is 19.3 Å². The van der Waals surface area contributed by atoms with Gasteiger partial charge in [-0.1, -0.05) is 24.1 Å². The van der Waals surface area contributed by atoms with Gasteiger partial charge in [0.1, 0.15) is 5.56 Å². The number of amides is 1. The fourth-order valence-corrected chi connectivity index (χ4v) is 3.53. The fourth-order valence-electron chi connectivity index (χ4n) is 3.27. The Labute approximate surface area is 115 Å². The van der Waals surface area contributed by atoms with Crippen LogP contribution in [0.2, 0.25) is 5.02 Å². The lowest BCUT2D eigenvalue weighted by Gasteiger charge is -2.10. The maximum atomic E-state index is 12.1. The van der Waals surface area contributed by atoms with E-state index in [1.54, 1.807) is 12.1 Å². The average molecular weight is 280 g/mol. The van der Waals surface area contributed by atoms with Crippen LogP contribution >= 0.6 is 11.6 Å². The zero-order chi connectivity index (χ0) is 13.6. The van der Waals surface area contributed by atoms with E-state index in [2.05, 4.69) is 5.32 Å². The van der Waals surface area contributed by atoms with Crippen LogP contribution in [0.25, 0.3) is 0 Å². The van der Waals surface area contributed by atoms with Crippen LogP contribution in [0.15, 0.2) is 18.2 Å². The van der Waals surface area contributed by atoms with Crippen molar-refractivity contribution in [1.29, 1.82) is 0 Å². The number of carboxylic acids is 1. The second kappa shape index (κ2) is 4.53. The Balaban J connectivity index is 1.78. The Bertz CT molecular complexity index is 548. The summed E-state index contributed by atoms with van der Waals surface area (Å²) >= 11 is 5.87. The van der Waals surface area contributed by atoms with E-state index >= 15 is 0 Å². The molecule has 2 aliphatic carbocycles. The number of aromatic carboxylic acids is 1. The highest BCUT2D eigenvalue weighted by atomic mass is 35.5. The van der Waals surface area contributed by atoms with Crippen LogP contribution in [0, 0.1) is 17.8 Å². The molecule has 5 heteroatoms. The summed E-state index contributed by atoms with van der Waals surface area (Å²) in [4.78, 5) is 23.3. The van der Waals surface area contributed by atoms with E-state index in [1.165, 1.54) is 12.5 Å². The van der Waals surface area contributed by atoms with Gasteiger partial charge in [0.05, 0.1) is 10.7 Å². The first-order chi connectivity index (χ1) is 9.09. The Morgan fingerprint density at radius 2 is 1.95 bits per heavy atom. The molecular formula is C14H14ClNO3. The Kier molecular flexibility index (Phi) is 2.97.